The Morgan fingerprint density at radius 2 is 1.82 bits per heavy atom. The molecule has 1 N–H and O–H groups in total. The highest BCUT2D eigenvalue weighted by atomic mass is 32.2. The lowest BCUT2D eigenvalue weighted by Gasteiger charge is -2.29. The van der Waals surface area contributed by atoms with Crippen molar-refractivity contribution in [3.63, 3.8) is 0 Å². The molecule has 0 saturated heterocycles. The first-order valence-corrected chi connectivity index (χ1v) is 14.0. The zero-order valence-corrected chi connectivity index (χ0v) is 21.0. The van der Waals surface area contributed by atoms with Crippen LogP contribution in [0.5, 0.6) is 5.75 Å². The summed E-state index contributed by atoms with van der Waals surface area (Å²) in [5.74, 6) is 0.898. The Kier molecular flexibility index (Phi) is 8.70. The molecule has 1 aromatic heterocycles. The molecule has 33 heavy (non-hydrogen) atoms. The van der Waals surface area contributed by atoms with Gasteiger partial charge in [0.2, 0.25) is 21.1 Å². The lowest BCUT2D eigenvalue weighted by molar-refractivity contribution is -0.117. The summed E-state index contributed by atoms with van der Waals surface area (Å²) in [5, 5.41) is 11.2. The number of nitrogens with one attached hydrogen (secondary N) is 1. The van der Waals surface area contributed by atoms with E-state index in [1.165, 1.54) is 23.1 Å². The lowest BCUT2D eigenvalue weighted by atomic mass is 10.2. The number of nitrogens with zero attached hydrogens (tertiary/aromatic N) is 3. The number of sulfonamides is 1. The van der Waals surface area contributed by atoms with Crippen LogP contribution in [-0.4, -0.2) is 43.4 Å². The van der Waals surface area contributed by atoms with Gasteiger partial charge in [-0.25, -0.2) is 8.42 Å². The molecule has 1 heterocycles. The molecule has 0 aliphatic carbocycles. The van der Waals surface area contributed by atoms with Crippen molar-refractivity contribution in [1.82, 2.24) is 10.2 Å². The highest BCUT2D eigenvalue weighted by Gasteiger charge is 2.32. The third-order valence-electron chi connectivity index (χ3n) is 4.57. The number of rotatable bonds is 11. The van der Waals surface area contributed by atoms with E-state index in [-0.39, 0.29) is 6.42 Å². The van der Waals surface area contributed by atoms with E-state index >= 15 is 0 Å². The number of thioether (sulfide) groups is 1. The minimum atomic E-state index is -3.73. The van der Waals surface area contributed by atoms with E-state index < -0.39 is 22.0 Å². The van der Waals surface area contributed by atoms with Crippen molar-refractivity contribution >= 4 is 49.8 Å². The van der Waals surface area contributed by atoms with Gasteiger partial charge in [-0.3, -0.25) is 14.4 Å². The van der Waals surface area contributed by atoms with Gasteiger partial charge in [0.05, 0.1) is 18.6 Å². The standard InChI is InChI=1S/C22H26N4O4S3/c1-4-19(26(33(3,28)29)17-11-13-18(14-12-17)30-5-2)20(27)23-21-24-25-22(32-21)31-15-16-9-7-6-8-10-16/h6-14,19H,4-5,15H2,1-3H3,(H,23,24,27)/t19-/m0/s1. The molecule has 0 spiro atoms. The largest absolute Gasteiger partial charge is 0.494 e. The minimum absolute atomic E-state index is 0.278. The second-order valence-corrected chi connectivity index (χ2v) is 11.1. The zero-order valence-electron chi connectivity index (χ0n) is 18.6. The molecule has 3 rings (SSSR count). The molecule has 0 unspecified atom stereocenters. The van der Waals surface area contributed by atoms with Gasteiger partial charge >= 0.3 is 0 Å². The average Bonchev–Trinajstić information content (AvgIpc) is 3.24. The van der Waals surface area contributed by atoms with E-state index in [0.29, 0.717) is 27.5 Å². The zero-order chi connectivity index (χ0) is 23.8. The third-order valence-corrected chi connectivity index (χ3v) is 7.80. The first-order chi connectivity index (χ1) is 15.8. The molecular weight excluding hydrogens is 480 g/mol. The Balaban J connectivity index is 1.72. The first-order valence-electron chi connectivity index (χ1n) is 10.3. The number of carbonyl (C=O) groups excluding carboxylic acids is 1. The molecule has 0 aliphatic rings. The summed E-state index contributed by atoms with van der Waals surface area (Å²) in [6, 6.07) is 15.7. The van der Waals surface area contributed by atoms with Crippen LogP contribution >= 0.6 is 23.1 Å². The van der Waals surface area contributed by atoms with E-state index in [2.05, 4.69) is 15.5 Å². The summed E-state index contributed by atoms with van der Waals surface area (Å²) in [4.78, 5) is 13.1. The van der Waals surface area contributed by atoms with Crippen LogP contribution < -0.4 is 14.4 Å². The van der Waals surface area contributed by atoms with Crippen LogP contribution in [0.3, 0.4) is 0 Å². The quantitative estimate of drug-likeness (QED) is 0.304. The molecule has 11 heteroatoms. The summed E-state index contributed by atoms with van der Waals surface area (Å²) in [6.45, 7) is 4.13. The van der Waals surface area contributed by atoms with Crippen molar-refractivity contribution in [2.75, 3.05) is 22.5 Å². The molecule has 0 aliphatic heterocycles. The van der Waals surface area contributed by atoms with Crippen LogP contribution in [0.2, 0.25) is 0 Å². The van der Waals surface area contributed by atoms with Gasteiger partial charge in [-0.05, 0) is 43.2 Å². The van der Waals surface area contributed by atoms with Gasteiger partial charge in [0.1, 0.15) is 11.8 Å². The summed E-state index contributed by atoms with van der Waals surface area (Å²) in [6.07, 6.45) is 1.36. The van der Waals surface area contributed by atoms with Crippen molar-refractivity contribution in [2.45, 2.75) is 36.4 Å². The monoisotopic (exact) mass is 506 g/mol. The highest BCUT2D eigenvalue weighted by Crippen LogP contribution is 2.29. The smallest absolute Gasteiger partial charge is 0.250 e. The van der Waals surface area contributed by atoms with Crippen molar-refractivity contribution in [2.24, 2.45) is 0 Å². The Morgan fingerprint density at radius 1 is 1.12 bits per heavy atom. The van der Waals surface area contributed by atoms with Crippen molar-refractivity contribution in [1.29, 1.82) is 0 Å². The van der Waals surface area contributed by atoms with Gasteiger partial charge in [-0.2, -0.15) is 0 Å². The van der Waals surface area contributed by atoms with Crippen molar-refractivity contribution in [3.05, 3.63) is 60.2 Å². The fourth-order valence-electron chi connectivity index (χ4n) is 3.14. The number of hydrogen-bond donors (Lipinski definition) is 1. The first kappa shape index (κ1) is 25.0. The van der Waals surface area contributed by atoms with E-state index in [1.807, 2.05) is 37.3 Å². The fourth-order valence-corrected chi connectivity index (χ4v) is 6.07. The molecular formula is C22H26N4O4S3. The van der Waals surface area contributed by atoms with Gasteiger partial charge < -0.3 is 4.74 Å². The number of hydrogen-bond acceptors (Lipinski definition) is 8. The summed E-state index contributed by atoms with van der Waals surface area (Å²) in [5.41, 5.74) is 1.55. The molecule has 0 saturated carbocycles. The summed E-state index contributed by atoms with van der Waals surface area (Å²) in [7, 11) is -3.73. The Labute approximate surface area is 202 Å². The van der Waals surface area contributed by atoms with Gasteiger partial charge in [-0.15, -0.1) is 10.2 Å². The van der Waals surface area contributed by atoms with Crippen LogP contribution in [-0.2, 0) is 20.6 Å². The number of amides is 1. The molecule has 0 fully saturated rings. The predicted molar refractivity (Wildman–Crippen MR) is 134 cm³/mol. The average molecular weight is 507 g/mol. The molecule has 0 radical (unpaired) electrons. The van der Waals surface area contributed by atoms with Crippen LogP contribution in [0.4, 0.5) is 10.8 Å². The molecule has 2 aromatic carbocycles. The van der Waals surface area contributed by atoms with E-state index in [4.69, 9.17) is 4.74 Å². The molecule has 1 atom stereocenters. The topological polar surface area (TPSA) is 101 Å². The van der Waals surface area contributed by atoms with Crippen LogP contribution in [0.1, 0.15) is 25.8 Å². The van der Waals surface area contributed by atoms with E-state index in [1.54, 1.807) is 31.2 Å². The number of carbonyl (C=O) groups is 1. The number of aromatic nitrogens is 2. The molecule has 3 aromatic rings. The van der Waals surface area contributed by atoms with Crippen LogP contribution in [0.25, 0.3) is 0 Å². The molecule has 0 bridgehead atoms. The molecule has 1 amide bonds. The van der Waals surface area contributed by atoms with Crippen LogP contribution in [0.15, 0.2) is 58.9 Å². The number of anilines is 2. The summed E-state index contributed by atoms with van der Waals surface area (Å²) >= 11 is 2.78. The normalized spacial score (nSPS) is 12.2. The molecule has 176 valence electrons. The fraction of sp³-hybridized carbons (Fsp3) is 0.318. The van der Waals surface area contributed by atoms with Gasteiger partial charge in [0.15, 0.2) is 4.34 Å². The summed E-state index contributed by atoms with van der Waals surface area (Å²) < 4.78 is 32.5. The lowest BCUT2D eigenvalue weighted by Crippen LogP contribution is -2.47. The molecule has 8 nitrogen and oxygen atoms in total. The Bertz CT molecular complexity index is 1150. The van der Waals surface area contributed by atoms with E-state index in [0.717, 1.165) is 21.9 Å². The van der Waals surface area contributed by atoms with E-state index in [9.17, 15) is 13.2 Å². The second-order valence-electron chi connectivity index (χ2n) is 7.05. The van der Waals surface area contributed by atoms with Gasteiger partial charge in [-0.1, -0.05) is 60.4 Å². The minimum Gasteiger partial charge on any atom is -0.494 e. The Hall–Kier alpha value is -2.63. The second kappa shape index (κ2) is 11.5. The third kappa shape index (κ3) is 6.92. The van der Waals surface area contributed by atoms with Gasteiger partial charge in [0, 0.05) is 5.75 Å². The predicted octanol–water partition coefficient (Wildman–Crippen LogP) is 4.41. The number of ether oxygens (including phenoxy) is 1. The SMILES string of the molecule is CCOc1ccc(N([C@@H](CC)C(=O)Nc2nnc(SCc3ccccc3)s2)S(C)(=O)=O)cc1. The van der Waals surface area contributed by atoms with Gasteiger partial charge in [0.25, 0.3) is 0 Å². The maximum absolute atomic E-state index is 13.1. The van der Waals surface area contributed by atoms with Crippen LogP contribution in [0, 0.1) is 0 Å². The highest BCUT2D eigenvalue weighted by molar-refractivity contribution is 8.00. The van der Waals surface area contributed by atoms with Crippen molar-refractivity contribution < 1.29 is 17.9 Å². The van der Waals surface area contributed by atoms with Crippen molar-refractivity contribution in [3.8, 4) is 5.75 Å². The maximum Gasteiger partial charge on any atom is 0.250 e. The Morgan fingerprint density at radius 3 is 2.42 bits per heavy atom. The maximum atomic E-state index is 13.1. The number of benzene rings is 2.